The number of halogens is 2. The molecule has 0 aliphatic carbocycles. The third-order valence-corrected chi connectivity index (χ3v) is 3.25. The molecular formula is C12H14BrFO2. The average molecular weight is 289 g/mol. The van der Waals surface area contributed by atoms with E-state index in [1.165, 1.54) is 6.07 Å². The fraction of sp³-hybridized carbons (Fsp3) is 0.417. The molecular weight excluding hydrogens is 275 g/mol. The summed E-state index contributed by atoms with van der Waals surface area (Å²) in [6.07, 6.45) is -0.951. The number of rotatable bonds is 4. The van der Waals surface area contributed by atoms with Crippen molar-refractivity contribution >= 4 is 21.7 Å². The molecule has 1 atom stereocenters. The Morgan fingerprint density at radius 2 is 2.12 bits per heavy atom. The monoisotopic (exact) mass is 288 g/mol. The maximum Gasteiger partial charge on any atom is 0.165 e. The van der Waals surface area contributed by atoms with E-state index in [-0.39, 0.29) is 18.1 Å². The van der Waals surface area contributed by atoms with E-state index in [1.54, 1.807) is 26.0 Å². The molecule has 0 bridgehead atoms. The van der Waals surface area contributed by atoms with Gasteiger partial charge in [-0.3, -0.25) is 4.79 Å². The van der Waals surface area contributed by atoms with Gasteiger partial charge in [0.25, 0.3) is 0 Å². The van der Waals surface area contributed by atoms with Gasteiger partial charge in [0.05, 0.1) is 4.47 Å². The van der Waals surface area contributed by atoms with Gasteiger partial charge in [-0.15, -0.1) is 0 Å². The van der Waals surface area contributed by atoms with Gasteiger partial charge in [0, 0.05) is 6.42 Å². The first kappa shape index (κ1) is 13.3. The first-order valence-corrected chi connectivity index (χ1v) is 5.86. The number of ketones is 1. The van der Waals surface area contributed by atoms with E-state index in [0.29, 0.717) is 10.0 Å². The molecule has 16 heavy (non-hydrogen) atoms. The van der Waals surface area contributed by atoms with Gasteiger partial charge in [-0.1, -0.05) is 26.0 Å². The molecule has 1 N–H and O–H groups in total. The number of carbonyl (C=O) groups is 1. The summed E-state index contributed by atoms with van der Waals surface area (Å²) in [6.45, 7) is 3.53. The van der Waals surface area contributed by atoms with Gasteiger partial charge in [-0.25, -0.2) is 4.39 Å². The predicted octanol–water partition coefficient (Wildman–Crippen LogP) is 2.72. The molecule has 0 aliphatic heterocycles. The second kappa shape index (κ2) is 5.55. The topological polar surface area (TPSA) is 37.3 Å². The highest BCUT2D eigenvalue weighted by molar-refractivity contribution is 9.10. The molecule has 1 rings (SSSR count). The van der Waals surface area contributed by atoms with Crippen LogP contribution < -0.4 is 0 Å². The molecule has 1 unspecified atom stereocenters. The van der Waals surface area contributed by atoms with Gasteiger partial charge in [-0.05, 0) is 33.5 Å². The van der Waals surface area contributed by atoms with Crippen LogP contribution in [0.1, 0.15) is 19.4 Å². The molecule has 0 saturated heterocycles. The Labute approximate surface area is 103 Å². The van der Waals surface area contributed by atoms with E-state index in [1.807, 2.05) is 0 Å². The maximum absolute atomic E-state index is 13.2. The summed E-state index contributed by atoms with van der Waals surface area (Å²) in [4.78, 5) is 11.6. The van der Waals surface area contributed by atoms with Crippen molar-refractivity contribution in [1.82, 2.24) is 0 Å². The van der Waals surface area contributed by atoms with Crippen molar-refractivity contribution in [2.24, 2.45) is 5.92 Å². The highest BCUT2D eigenvalue weighted by atomic mass is 79.9. The summed E-state index contributed by atoms with van der Waals surface area (Å²) >= 11 is 3.09. The lowest BCUT2D eigenvalue weighted by Gasteiger charge is -2.13. The summed E-state index contributed by atoms with van der Waals surface area (Å²) in [5.74, 6) is -0.814. The van der Waals surface area contributed by atoms with Crippen molar-refractivity contribution in [3.05, 3.63) is 34.1 Å². The van der Waals surface area contributed by atoms with Crippen molar-refractivity contribution in [2.45, 2.75) is 26.4 Å². The Morgan fingerprint density at radius 3 is 2.69 bits per heavy atom. The molecule has 0 aliphatic rings. The van der Waals surface area contributed by atoms with E-state index in [0.717, 1.165) is 0 Å². The van der Waals surface area contributed by atoms with E-state index in [9.17, 15) is 14.3 Å². The van der Waals surface area contributed by atoms with Gasteiger partial charge in [-0.2, -0.15) is 0 Å². The van der Waals surface area contributed by atoms with E-state index < -0.39 is 11.9 Å². The molecule has 0 amide bonds. The summed E-state index contributed by atoms with van der Waals surface area (Å²) in [7, 11) is 0. The van der Waals surface area contributed by atoms with Crippen molar-refractivity contribution in [3.63, 3.8) is 0 Å². The van der Waals surface area contributed by atoms with Crippen LogP contribution in [0, 0.1) is 11.7 Å². The third kappa shape index (κ3) is 3.12. The van der Waals surface area contributed by atoms with E-state index in [2.05, 4.69) is 15.9 Å². The quantitative estimate of drug-likeness (QED) is 0.925. The summed E-state index contributed by atoms with van der Waals surface area (Å²) in [6, 6.07) is 4.53. The summed E-state index contributed by atoms with van der Waals surface area (Å²) in [5.41, 5.74) is 0.560. The van der Waals surface area contributed by atoms with Crippen LogP contribution >= 0.6 is 15.9 Å². The van der Waals surface area contributed by atoms with E-state index >= 15 is 0 Å². The lowest BCUT2D eigenvalue weighted by Crippen LogP contribution is -2.27. The van der Waals surface area contributed by atoms with E-state index in [4.69, 9.17) is 0 Å². The van der Waals surface area contributed by atoms with Crippen LogP contribution in [0.15, 0.2) is 22.7 Å². The van der Waals surface area contributed by atoms with Gasteiger partial charge in [0.2, 0.25) is 0 Å². The minimum atomic E-state index is -0.991. The van der Waals surface area contributed by atoms with Crippen LogP contribution in [0.3, 0.4) is 0 Å². The van der Waals surface area contributed by atoms with Crippen molar-refractivity contribution in [2.75, 3.05) is 0 Å². The molecule has 1 aromatic carbocycles. The molecule has 0 radical (unpaired) electrons. The van der Waals surface area contributed by atoms with Crippen molar-refractivity contribution in [1.29, 1.82) is 0 Å². The number of hydrogen-bond donors (Lipinski definition) is 1. The molecule has 0 spiro atoms. The van der Waals surface area contributed by atoms with Gasteiger partial charge in [0.15, 0.2) is 5.78 Å². The Hall–Kier alpha value is -0.740. The third-order valence-electron chi connectivity index (χ3n) is 2.36. The standard InChI is InChI=1S/C12H14BrFO2/c1-7(2)12(16)10(15)6-8-4-3-5-9(14)11(8)13/h3-5,7,12,16H,6H2,1-2H3. The van der Waals surface area contributed by atoms with Crippen molar-refractivity contribution in [3.8, 4) is 0 Å². The number of Topliss-reactive ketones (excluding diaryl/α,β-unsaturated/α-hetero) is 1. The second-order valence-electron chi connectivity index (χ2n) is 4.04. The predicted molar refractivity (Wildman–Crippen MR) is 63.7 cm³/mol. The van der Waals surface area contributed by atoms with Gasteiger partial charge in [0.1, 0.15) is 11.9 Å². The number of aliphatic hydroxyl groups is 1. The first-order chi connectivity index (χ1) is 7.43. The fourth-order valence-electron chi connectivity index (χ4n) is 1.35. The zero-order valence-electron chi connectivity index (χ0n) is 9.21. The molecule has 88 valence electrons. The van der Waals surface area contributed by atoms with Crippen LogP contribution in [-0.4, -0.2) is 17.0 Å². The largest absolute Gasteiger partial charge is 0.385 e. The number of benzene rings is 1. The highest BCUT2D eigenvalue weighted by Crippen LogP contribution is 2.21. The Balaban J connectivity index is 2.81. The van der Waals surface area contributed by atoms with Gasteiger partial charge < -0.3 is 5.11 Å². The molecule has 4 heteroatoms. The smallest absolute Gasteiger partial charge is 0.165 e. The normalized spacial score (nSPS) is 12.9. The summed E-state index contributed by atoms with van der Waals surface area (Å²) in [5, 5.41) is 9.56. The van der Waals surface area contributed by atoms with Crippen LogP contribution in [-0.2, 0) is 11.2 Å². The lowest BCUT2D eigenvalue weighted by molar-refractivity contribution is -0.128. The number of hydrogen-bond acceptors (Lipinski definition) is 2. The SMILES string of the molecule is CC(C)C(O)C(=O)Cc1cccc(F)c1Br. The second-order valence-corrected chi connectivity index (χ2v) is 4.84. The zero-order valence-corrected chi connectivity index (χ0v) is 10.8. The Kier molecular flexibility index (Phi) is 4.62. The highest BCUT2D eigenvalue weighted by Gasteiger charge is 2.20. The lowest BCUT2D eigenvalue weighted by atomic mass is 9.98. The van der Waals surface area contributed by atoms with Crippen LogP contribution in [0.25, 0.3) is 0 Å². The number of carbonyl (C=O) groups excluding carboxylic acids is 1. The molecule has 1 aromatic rings. The van der Waals surface area contributed by atoms with Crippen LogP contribution in [0.5, 0.6) is 0 Å². The Morgan fingerprint density at radius 1 is 1.50 bits per heavy atom. The molecule has 0 saturated carbocycles. The minimum Gasteiger partial charge on any atom is -0.385 e. The molecule has 0 heterocycles. The number of aliphatic hydroxyl groups excluding tert-OH is 1. The van der Waals surface area contributed by atoms with Crippen molar-refractivity contribution < 1.29 is 14.3 Å². The Bertz CT molecular complexity index is 391. The van der Waals surface area contributed by atoms with Crippen LogP contribution in [0.2, 0.25) is 0 Å². The molecule has 0 fully saturated rings. The van der Waals surface area contributed by atoms with Gasteiger partial charge >= 0.3 is 0 Å². The summed E-state index contributed by atoms with van der Waals surface area (Å²) < 4.78 is 13.5. The first-order valence-electron chi connectivity index (χ1n) is 5.07. The minimum absolute atomic E-state index is 0.0394. The molecule has 0 aromatic heterocycles. The molecule has 2 nitrogen and oxygen atoms in total. The zero-order chi connectivity index (χ0) is 12.3. The fourth-order valence-corrected chi connectivity index (χ4v) is 1.75. The van der Waals surface area contributed by atoms with Crippen LogP contribution in [0.4, 0.5) is 4.39 Å². The maximum atomic E-state index is 13.2. The average Bonchev–Trinajstić information content (AvgIpc) is 2.23.